The summed E-state index contributed by atoms with van der Waals surface area (Å²) in [6.45, 7) is 5.55. The first kappa shape index (κ1) is 24.5. The molecule has 5 rings (SSSR count). The zero-order valence-corrected chi connectivity index (χ0v) is 20.7. The van der Waals surface area contributed by atoms with E-state index >= 15 is 0 Å². The summed E-state index contributed by atoms with van der Waals surface area (Å²) in [4.78, 5) is 44.1. The Morgan fingerprint density at radius 2 is 1.51 bits per heavy atom. The maximum absolute atomic E-state index is 13.4. The predicted octanol–water partition coefficient (Wildman–Crippen LogP) is 3.33. The summed E-state index contributed by atoms with van der Waals surface area (Å²) >= 11 is 0. The number of hydrogen-bond donors (Lipinski definition) is 1. The van der Waals surface area contributed by atoms with Crippen molar-refractivity contribution in [2.24, 2.45) is 0 Å². The zero-order valence-electron chi connectivity index (χ0n) is 20.7. The molecule has 0 radical (unpaired) electrons. The van der Waals surface area contributed by atoms with Gasteiger partial charge in [0.05, 0.1) is 23.2 Å². The number of para-hydroxylation sites is 1. The van der Waals surface area contributed by atoms with Gasteiger partial charge in [0.1, 0.15) is 18.1 Å². The fourth-order valence-electron chi connectivity index (χ4n) is 4.83. The molecule has 0 saturated carbocycles. The lowest BCUT2D eigenvalue weighted by Gasteiger charge is -2.35. The molecule has 3 aromatic rings. The van der Waals surface area contributed by atoms with Gasteiger partial charge in [0.25, 0.3) is 17.7 Å². The summed E-state index contributed by atoms with van der Waals surface area (Å²) in [7, 11) is 0. The monoisotopic (exact) mass is 499 g/mol. The van der Waals surface area contributed by atoms with Crippen molar-refractivity contribution in [3.8, 4) is 11.5 Å². The number of amides is 3. The number of benzene rings is 3. The minimum atomic E-state index is -0.355. The maximum Gasteiger partial charge on any atom is 0.261 e. The van der Waals surface area contributed by atoms with Gasteiger partial charge in [0.15, 0.2) is 0 Å². The van der Waals surface area contributed by atoms with Crippen molar-refractivity contribution in [1.82, 2.24) is 14.7 Å². The van der Waals surface area contributed by atoms with E-state index in [9.17, 15) is 19.5 Å². The van der Waals surface area contributed by atoms with Crippen molar-refractivity contribution < 1.29 is 24.2 Å². The standard InChI is InChI=1S/C29H29N3O5/c1-20-17-21(19-32-28(35)23-9-5-6-10-24(23)29(32)36)18-25(26(20)33)27(34)31-13-11-30(12-14-31)15-16-37-22-7-3-2-4-8-22/h2-10,17-18,33H,11-16,19H2,1H3. The highest BCUT2D eigenvalue weighted by Crippen LogP contribution is 2.29. The van der Waals surface area contributed by atoms with Crippen molar-refractivity contribution in [2.75, 3.05) is 39.3 Å². The van der Waals surface area contributed by atoms with E-state index in [1.165, 1.54) is 4.90 Å². The Balaban J connectivity index is 1.22. The molecule has 8 heteroatoms. The molecule has 0 bridgehead atoms. The van der Waals surface area contributed by atoms with Crippen LogP contribution in [0.2, 0.25) is 0 Å². The lowest BCUT2D eigenvalue weighted by molar-refractivity contribution is 0.0616. The lowest BCUT2D eigenvalue weighted by atomic mass is 10.0. The second-order valence-electron chi connectivity index (χ2n) is 9.35. The van der Waals surface area contributed by atoms with E-state index < -0.39 is 0 Å². The Morgan fingerprint density at radius 3 is 2.16 bits per heavy atom. The average molecular weight is 500 g/mol. The smallest absolute Gasteiger partial charge is 0.261 e. The molecule has 0 unspecified atom stereocenters. The molecule has 2 aliphatic heterocycles. The lowest BCUT2D eigenvalue weighted by Crippen LogP contribution is -2.49. The first-order chi connectivity index (χ1) is 17.9. The third-order valence-electron chi connectivity index (χ3n) is 6.89. The number of piperazine rings is 1. The first-order valence-corrected chi connectivity index (χ1v) is 12.4. The molecule has 0 atom stereocenters. The number of phenolic OH excluding ortho intramolecular Hbond substituents is 1. The molecular formula is C29H29N3O5. The van der Waals surface area contributed by atoms with Crippen LogP contribution < -0.4 is 4.74 Å². The molecule has 2 aliphatic rings. The van der Waals surface area contributed by atoms with Crippen LogP contribution in [0.5, 0.6) is 11.5 Å². The van der Waals surface area contributed by atoms with Crippen LogP contribution in [0.4, 0.5) is 0 Å². The number of carbonyl (C=O) groups is 3. The van der Waals surface area contributed by atoms with Gasteiger partial charge >= 0.3 is 0 Å². The Hall–Kier alpha value is -4.17. The van der Waals surface area contributed by atoms with Crippen LogP contribution >= 0.6 is 0 Å². The van der Waals surface area contributed by atoms with Gasteiger partial charge in [-0.1, -0.05) is 36.4 Å². The van der Waals surface area contributed by atoms with Crippen LogP contribution in [0.1, 0.15) is 42.2 Å². The van der Waals surface area contributed by atoms with Crippen LogP contribution in [-0.4, -0.2) is 76.9 Å². The Morgan fingerprint density at radius 1 is 0.892 bits per heavy atom. The summed E-state index contributed by atoms with van der Waals surface area (Å²) in [5, 5.41) is 10.7. The number of ether oxygens (including phenoxy) is 1. The average Bonchev–Trinajstić information content (AvgIpc) is 3.16. The Bertz CT molecular complexity index is 1300. The minimum Gasteiger partial charge on any atom is -0.507 e. The highest BCUT2D eigenvalue weighted by Gasteiger charge is 2.35. The van der Waals surface area contributed by atoms with E-state index in [-0.39, 0.29) is 35.6 Å². The Kier molecular flexibility index (Phi) is 6.92. The van der Waals surface area contributed by atoms with E-state index in [0.29, 0.717) is 55.0 Å². The number of aromatic hydroxyl groups is 1. The van der Waals surface area contributed by atoms with Gasteiger partial charge in [-0.05, 0) is 48.4 Å². The number of nitrogens with zero attached hydrogens (tertiary/aromatic N) is 3. The molecule has 1 N–H and O–H groups in total. The van der Waals surface area contributed by atoms with Gasteiger partial charge in [-0.25, -0.2) is 0 Å². The topological polar surface area (TPSA) is 90.4 Å². The summed E-state index contributed by atoms with van der Waals surface area (Å²) in [5.74, 6) is -0.207. The molecular weight excluding hydrogens is 470 g/mol. The highest BCUT2D eigenvalue weighted by atomic mass is 16.5. The van der Waals surface area contributed by atoms with E-state index in [4.69, 9.17) is 4.74 Å². The van der Waals surface area contributed by atoms with Gasteiger partial charge in [-0.3, -0.25) is 24.2 Å². The number of phenols is 1. The van der Waals surface area contributed by atoms with E-state index in [0.717, 1.165) is 12.3 Å². The predicted molar refractivity (Wildman–Crippen MR) is 138 cm³/mol. The van der Waals surface area contributed by atoms with Crippen molar-refractivity contribution in [2.45, 2.75) is 13.5 Å². The second kappa shape index (κ2) is 10.4. The third-order valence-corrected chi connectivity index (χ3v) is 6.89. The Labute approximate surface area is 215 Å². The van der Waals surface area contributed by atoms with Gasteiger partial charge < -0.3 is 14.7 Å². The molecule has 2 heterocycles. The maximum atomic E-state index is 13.4. The fourth-order valence-corrected chi connectivity index (χ4v) is 4.83. The van der Waals surface area contributed by atoms with Gasteiger partial charge in [-0.15, -0.1) is 0 Å². The third kappa shape index (κ3) is 5.06. The molecule has 3 aromatic carbocycles. The van der Waals surface area contributed by atoms with Crippen molar-refractivity contribution in [3.63, 3.8) is 0 Å². The van der Waals surface area contributed by atoms with Crippen LogP contribution in [-0.2, 0) is 6.54 Å². The zero-order chi connectivity index (χ0) is 25.9. The molecule has 0 spiro atoms. The molecule has 37 heavy (non-hydrogen) atoms. The molecule has 190 valence electrons. The summed E-state index contributed by atoms with van der Waals surface area (Å²) in [6.07, 6.45) is 0. The number of rotatable bonds is 7. The van der Waals surface area contributed by atoms with Crippen molar-refractivity contribution in [3.05, 3.63) is 94.5 Å². The number of carbonyl (C=O) groups excluding carboxylic acids is 3. The number of hydrogen-bond acceptors (Lipinski definition) is 6. The molecule has 1 saturated heterocycles. The van der Waals surface area contributed by atoms with Gasteiger partial charge in [-0.2, -0.15) is 0 Å². The van der Waals surface area contributed by atoms with E-state index in [2.05, 4.69) is 4.90 Å². The SMILES string of the molecule is Cc1cc(CN2C(=O)c3ccccc3C2=O)cc(C(=O)N2CCN(CCOc3ccccc3)CC2)c1O. The van der Waals surface area contributed by atoms with Crippen LogP contribution in [0.25, 0.3) is 0 Å². The normalized spacial score (nSPS) is 15.7. The van der Waals surface area contributed by atoms with Crippen LogP contribution in [0.15, 0.2) is 66.7 Å². The number of aryl methyl sites for hydroxylation is 1. The quantitative estimate of drug-likeness (QED) is 0.502. The molecule has 0 aromatic heterocycles. The molecule has 3 amide bonds. The van der Waals surface area contributed by atoms with E-state index in [1.54, 1.807) is 48.2 Å². The van der Waals surface area contributed by atoms with Crippen molar-refractivity contribution in [1.29, 1.82) is 0 Å². The largest absolute Gasteiger partial charge is 0.507 e. The molecule has 8 nitrogen and oxygen atoms in total. The van der Waals surface area contributed by atoms with Crippen molar-refractivity contribution >= 4 is 17.7 Å². The fraction of sp³-hybridized carbons (Fsp3) is 0.276. The second-order valence-corrected chi connectivity index (χ2v) is 9.35. The highest BCUT2D eigenvalue weighted by molar-refractivity contribution is 6.21. The summed E-state index contributed by atoms with van der Waals surface area (Å²) < 4.78 is 5.78. The van der Waals surface area contributed by atoms with E-state index in [1.807, 2.05) is 30.3 Å². The number of fused-ring (bicyclic) bond motifs is 1. The summed E-state index contributed by atoms with van der Waals surface area (Å²) in [5.41, 5.74) is 2.09. The minimum absolute atomic E-state index is 0.0307. The van der Waals surface area contributed by atoms with Gasteiger partial charge in [0, 0.05) is 32.7 Å². The first-order valence-electron chi connectivity index (χ1n) is 12.4. The van der Waals surface area contributed by atoms with Gasteiger partial charge in [0.2, 0.25) is 0 Å². The van der Waals surface area contributed by atoms with Crippen LogP contribution in [0.3, 0.4) is 0 Å². The van der Waals surface area contributed by atoms with Crippen LogP contribution in [0, 0.1) is 6.92 Å². The molecule has 1 fully saturated rings. The number of imide groups is 1. The summed E-state index contributed by atoms with van der Waals surface area (Å²) in [6, 6.07) is 19.7. The molecule has 0 aliphatic carbocycles.